The summed E-state index contributed by atoms with van der Waals surface area (Å²) < 4.78 is 28.8. The first-order chi connectivity index (χ1) is 10.4. The predicted octanol–water partition coefficient (Wildman–Crippen LogP) is 2.09. The highest BCUT2D eigenvalue weighted by Crippen LogP contribution is 2.35. The van der Waals surface area contributed by atoms with Crippen molar-refractivity contribution in [3.63, 3.8) is 0 Å². The van der Waals surface area contributed by atoms with Crippen LogP contribution in [0.1, 0.15) is 38.5 Å². The van der Waals surface area contributed by atoms with Gasteiger partial charge in [-0.15, -0.1) is 0 Å². The van der Waals surface area contributed by atoms with Gasteiger partial charge in [0.25, 0.3) is 0 Å². The molecule has 4 aliphatic rings. The molecule has 6 atom stereocenters. The average Bonchev–Trinajstić information content (AvgIpc) is 3.39. The molecule has 4 fully saturated rings. The van der Waals surface area contributed by atoms with Gasteiger partial charge in [0, 0.05) is 25.0 Å². The Bertz CT molecular complexity index is 310. The van der Waals surface area contributed by atoms with Crippen molar-refractivity contribution in [3.05, 3.63) is 0 Å². The third-order valence-corrected chi connectivity index (χ3v) is 4.98. The molecule has 5 nitrogen and oxygen atoms in total. The van der Waals surface area contributed by atoms with Gasteiger partial charge in [-0.2, -0.15) is 0 Å². The molecule has 21 heavy (non-hydrogen) atoms. The normalized spacial score (nSPS) is 46.3. The van der Waals surface area contributed by atoms with E-state index in [9.17, 15) is 0 Å². The number of hydrogen-bond donors (Lipinski definition) is 0. The smallest absolute Gasteiger partial charge is 0.163 e. The zero-order chi connectivity index (χ0) is 14.1. The minimum absolute atomic E-state index is 0.117. The van der Waals surface area contributed by atoms with Crippen LogP contribution in [0.2, 0.25) is 0 Å². The second-order valence-electron chi connectivity index (χ2n) is 6.80. The summed E-state index contributed by atoms with van der Waals surface area (Å²) in [4.78, 5) is 0. The maximum absolute atomic E-state index is 6.26. The minimum Gasteiger partial charge on any atom is -0.373 e. The third kappa shape index (κ3) is 3.96. The Morgan fingerprint density at radius 1 is 0.714 bits per heavy atom. The summed E-state index contributed by atoms with van der Waals surface area (Å²) in [5.41, 5.74) is 0. The lowest BCUT2D eigenvalue weighted by Crippen LogP contribution is -2.41. The first-order valence-corrected chi connectivity index (χ1v) is 8.50. The molecule has 5 heteroatoms. The van der Waals surface area contributed by atoms with Crippen LogP contribution in [0.4, 0.5) is 0 Å². The van der Waals surface area contributed by atoms with E-state index in [1.807, 2.05) is 0 Å². The van der Waals surface area contributed by atoms with Crippen LogP contribution < -0.4 is 0 Å². The van der Waals surface area contributed by atoms with Crippen LogP contribution in [0.25, 0.3) is 0 Å². The van der Waals surface area contributed by atoms with E-state index >= 15 is 0 Å². The van der Waals surface area contributed by atoms with E-state index in [0.29, 0.717) is 24.0 Å². The van der Waals surface area contributed by atoms with E-state index in [2.05, 4.69) is 0 Å². The van der Waals surface area contributed by atoms with Gasteiger partial charge in [0.1, 0.15) is 0 Å². The molecule has 0 amide bonds. The Kier molecular flexibility index (Phi) is 4.46. The third-order valence-electron chi connectivity index (χ3n) is 4.98. The number of ether oxygens (including phenoxy) is 5. The lowest BCUT2D eigenvalue weighted by Gasteiger charge is -2.38. The Labute approximate surface area is 126 Å². The molecule has 4 saturated heterocycles. The molecule has 0 spiro atoms. The molecule has 0 radical (unpaired) electrons. The highest BCUT2D eigenvalue weighted by Gasteiger charge is 2.39. The Morgan fingerprint density at radius 2 is 1.19 bits per heavy atom. The van der Waals surface area contributed by atoms with Crippen LogP contribution in [0.5, 0.6) is 0 Å². The lowest BCUT2D eigenvalue weighted by molar-refractivity contribution is -0.297. The molecule has 0 aromatic heterocycles. The van der Waals surface area contributed by atoms with Gasteiger partial charge in [0.15, 0.2) is 12.6 Å². The minimum atomic E-state index is -0.117. The predicted molar refractivity (Wildman–Crippen MR) is 74.7 cm³/mol. The topological polar surface area (TPSA) is 52.8 Å². The van der Waals surface area contributed by atoms with Gasteiger partial charge < -0.3 is 23.7 Å². The molecule has 4 aliphatic heterocycles. The van der Waals surface area contributed by atoms with Crippen molar-refractivity contribution in [3.8, 4) is 0 Å². The van der Waals surface area contributed by atoms with Crippen LogP contribution in [-0.4, -0.2) is 51.2 Å². The van der Waals surface area contributed by atoms with Crippen LogP contribution >= 0.6 is 0 Å². The monoisotopic (exact) mass is 298 g/mol. The lowest BCUT2D eigenvalue weighted by atomic mass is 9.93. The van der Waals surface area contributed by atoms with Crippen LogP contribution in [0.15, 0.2) is 0 Å². The summed E-state index contributed by atoms with van der Waals surface area (Å²) >= 11 is 0. The van der Waals surface area contributed by atoms with Crippen molar-refractivity contribution in [2.75, 3.05) is 26.4 Å². The highest BCUT2D eigenvalue weighted by molar-refractivity contribution is 4.81. The summed E-state index contributed by atoms with van der Waals surface area (Å²) in [6, 6.07) is 0. The van der Waals surface area contributed by atoms with E-state index in [1.165, 1.54) is 12.8 Å². The SMILES string of the molecule is C1COC(OC2OCCCC2CC2CO2)C(CC2CO2)C1. The Hall–Kier alpha value is -0.200. The van der Waals surface area contributed by atoms with E-state index in [-0.39, 0.29) is 12.6 Å². The first kappa shape index (κ1) is 14.4. The Morgan fingerprint density at radius 3 is 1.62 bits per heavy atom. The summed E-state index contributed by atoms with van der Waals surface area (Å²) in [7, 11) is 0. The van der Waals surface area contributed by atoms with Gasteiger partial charge in [-0.3, -0.25) is 0 Å². The van der Waals surface area contributed by atoms with E-state index in [0.717, 1.165) is 52.1 Å². The fourth-order valence-electron chi connectivity index (χ4n) is 3.61. The van der Waals surface area contributed by atoms with Gasteiger partial charge in [-0.05, 0) is 38.5 Å². The molecule has 0 bridgehead atoms. The maximum Gasteiger partial charge on any atom is 0.163 e. The van der Waals surface area contributed by atoms with Crippen LogP contribution in [0, 0.1) is 11.8 Å². The fourth-order valence-corrected chi connectivity index (χ4v) is 3.61. The molecule has 0 saturated carbocycles. The van der Waals surface area contributed by atoms with E-state index < -0.39 is 0 Å². The number of hydrogen-bond acceptors (Lipinski definition) is 5. The van der Waals surface area contributed by atoms with Crippen molar-refractivity contribution in [2.24, 2.45) is 11.8 Å². The first-order valence-electron chi connectivity index (χ1n) is 8.50. The van der Waals surface area contributed by atoms with Crippen molar-refractivity contribution < 1.29 is 23.7 Å². The number of epoxide rings is 2. The molecule has 0 N–H and O–H groups in total. The largest absolute Gasteiger partial charge is 0.373 e. The standard InChI is InChI=1S/C16H26O5/c1-3-11(7-13-9-19-13)15(17-5-1)21-16-12(4-2-6-18-16)8-14-10-20-14/h11-16H,1-10H2. The molecule has 0 aromatic carbocycles. The van der Waals surface area contributed by atoms with Gasteiger partial charge in [0.05, 0.1) is 25.4 Å². The van der Waals surface area contributed by atoms with Gasteiger partial charge in [-0.1, -0.05) is 0 Å². The van der Waals surface area contributed by atoms with Gasteiger partial charge >= 0.3 is 0 Å². The van der Waals surface area contributed by atoms with Gasteiger partial charge in [0.2, 0.25) is 0 Å². The van der Waals surface area contributed by atoms with Crippen molar-refractivity contribution in [1.82, 2.24) is 0 Å². The quantitative estimate of drug-likeness (QED) is 0.703. The molecule has 0 aromatic rings. The average molecular weight is 298 g/mol. The van der Waals surface area contributed by atoms with Gasteiger partial charge in [-0.25, -0.2) is 0 Å². The van der Waals surface area contributed by atoms with Crippen molar-refractivity contribution in [1.29, 1.82) is 0 Å². The van der Waals surface area contributed by atoms with Crippen molar-refractivity contribution >= 4 is 0 Å². The second-order valence-corrected chi connectivity index (χ2v) is 6.80. The maximum atomic E-state index is 6.26. The summed E-state index contributed by atoms with van der Waals surface area (Å²) in [5.74, 6) is 0.907. The van der Waals surface area contributed by atoms with Crippen LogP contribution in [0.3, 0.4) is 0 Å². The second kappa shape index (κ2) is 6.50. The Balaban J connectivity index is 1.34. The zero-order valence-corrected chi connectivity index (χ0v) is 12.6. The zero-order valence-electron chi connectivity index (χ0n) is 12.6. The summed E-state index contributed by atoms with van der Waals surface area (Å²) in [5, 5.41) is 0. The fraction of sp³-hybridized carbons (Fsp3) is 1.00. The van der Waals surface area contributed by atoms with Crippen LogP contribution in [-0.2, 0) is 23.7 Å². The molecule has 6 unspecified atom stereocenters. The van der Waals surface area contributed by atoms with E-state index in [4.69, 9.17) is 23.7 Å². The van der Waals surface area contributed by atoms with Crippen molar-refractivity contribution in [2.45, 2.75) is 63.3 Å². The molecule has 4 rings (SSSR count). The highest BCUT2D eigenvalue weighted by atomic mass is 16.8. The molecule has 120 valence electrons. The summed E-state index contributed by atoms with van der Waals surface area (Å²) in [6.07, 6.45) is 7.37. The number of rotatable bonds is 6. The molecule has 0 aliphatic carbocycles. The molecular formula is C16H26O5. The molecule has 4 heterocycles. The van der Waals surface area contributed by atoms with E-state index in [1.54, 1.807) is 0 Å². The summed E-state index contributed by atoms with van der Waals surface area (Å²) in [6.45, 7) is 3.42. The molecular weight excluding hydrogens is 272 g/mol.